The molecule has 3 rings (SSSR count). The number of aromatic amines is 1. The minimum atomic E-state index is -4.45. The molecule has 0 saturated carbocycles. The normalized spacial score (nSPS) is 17.9. The van der Waals surface area contributed by atoms with Gasteiger partial charge >= 0.3 is 6.18 Å². The number of hydrogen-bond donors (Lipinski definition) is 3. The molecule has 0 aliphatic carbocycles. The van der Waals surface area contributed by atoms with E-state index in [1.807, 2.05) is 5.10 Å². The lowest BCUT2D eigenvalue weighted by Crippen LogP contribution is -2.18. The number of aromatic nitrogens is 2. The number of hydrogen-bond acceptors (Lipinski definition) is 3. The van der Waals surface area contributed by atoms with Crippen LogP contribution in [-0.4, -0.2) is 29.2 Å². The zero-order valence-electron chi connectivity index (χ0n) is 12.8. The van der Waals surface area contributed by atoms with Crippen molar-refractivity contribution in [2.45, 2.75) is 19.0 Å². The monoisotopic (exact) mass is 338 g/mol. The molecule has 1 saturated heterocycles. The van der Waals surface area contributed by atoms with Gasteiger partial charge in [-0.05, 0) is 43.6 Å². The number of anilines is 1. The highest BCUT2D eigenvalue weighted by Crippen LogP contribution is 2.30. The van der Waals surface area contributed by atoms with E-state index in [0.717, 1.165) is 25.6 Å². The zero-order valence-corrected chi connectivity index (χ0v) is 12.8. The van der Waals surface area contributed by atoms with Crippen molar-refractivity contribution in [2.24, 2.45) is 5.92 Å². The number of nitrogens with one attached hydrogen (secondary N) is 3. The van der Waals surface area contributed by atoms with Gasteiger partial charge in [-0.25, -0.2) is 0 Å². The molecule has 128 valence electrons. The number of alkyl halides is 3. The summed E-state index contributed by atoms with van der Waals surface area (Å²) in [5.41, 5.74) is 0.471. The van der Waals surface area contributed by atoms with Crippen LogP contribution >= 0.6 is 0 Å². The van der Waals surface area contributed by atoms with Gasteiger partial charge < -0.3 is 10.6 Å². The molecule has 8 heteroatoms. The first-order valence-corrected chi connectivity index (χ1v) is 7.65. The van der Waals surface area contributed by atoms with Crippen LogP contribution in [0.1, 0.15) is 18.5 Å². The summed E-state index contributed by atoms with van der Waals surface area (Å²) in [5.74, 6) is 0.296. The largest absolute Gasteiger partial charge is 0.432 e. The predicted molar refractivity (Wildman–Crippen MR) is 83.2 cm³/mol. The summed E-state index contributed by atoms with van der Waals surface area (Å²) in [5, 5.41) is 11.7. The first kappa shape index (κ1) is 16.5. The van der Waals surface area contributed by atoms with Gasteiger partial charge in [0, 0.05) is 17.7 Å². The molecule has 1 aromatic heterocycles. The lowest BCUT2D eigenvalue weighted by molar-refractivity contribution is -0.141. The van der Waals surface area contributed by atoms with Gasteiger partial charge in [-0.15, -0.1) is 0 Å². The number of carbonyl (C=O) groups excluding carboxylic acids is 1. The van der Waals surface area contributed by atoms with E-state index in [4.69, 9.17) is 0 Å². The minimum Gasteiger partial charge on any atom is -0.326 e. The van der Waals surface area contributed by atoms with E-state index in [1.165, 1.54) is 0 Å². The highest BCUT2D eigenvalue weighted by molar-refractivity contribution is 5.91. The van der Waals surface area contributed by atoms with Crippen molar-refractivity contribution in [3.05, 3.63) is 36.0 Å². The fourth-order valence-electron chi connectivity index (χ4n) is 2.70. The maximum Gasteiger partial charge on any atom is 0.432 e. The van der Waals surface area contributed by atoms with Crippen molar-refractivity contribution >= 4 is 11.6 Å². The fraction of sp³-hybridized carbons (Fsp3) is 0.375. The van der Waals surface area contributed by atoms with Crippen molar-refractivity contribution < 1.29 is 18.0 Å². The Bertz CT molecular complexity index is 703. The molecule has 3 N–H and O–H groups in total. The van der Waals surface area contributed by atoms with Crippen LogP contribution in [0.25, 0.3) is 11.3 Å². The van der Waals surface area contributed by atoms with Gasteiger partial charge in [0.15, 0.2) is 0 Å². The zero-order chi connectivity index (χ0) is 17.2. The molecule has 1 fully saturated rings. The molecule has 1 aromatic carbocycles. The van der Waals surface area contributed by atoms with Crippen LogP contribution in [-0.2, 0) is 11.0 Å². The highest BCUT2D eigenvalue weighted by Gasteiger charge is 2.33. The molecule has 1 atom stereocenters. The van der Waals surface area contributed by atoms with E-state index in [0.29, 0.717) is 23.6 Å². The van der Waals surface area contributed by atoms with Crippen molar-refractivity contribution in [3.63, 3.8) is 0 Å². The molecule has 5 nitrogen and oxygen atoms in total. The summed E-state index contributed by atoms with van der Waals surface area (Å²) >= 11 is 0. The topological polar surface area (TPSA) is 69.8 Å². The molecule has 1 amide bonds. The summed E-state index contributed by atoms with van der Waals surface area (Å²) in [7, 11) is 0. The third-order valence-corrected chi connectivity index (χ3v) is 3.98. The van der Waals surface area contributed by atoms with E-state index >= 15 is 0 Å². The summed E-state index contributed by atoms with van der Waals surface area (Å²) in [6.45, 7) is 1.79. The second-order valence-corrected chi connectivity index (χ2v) is 5.85. The molecule has 2 heterocycles. The SMILES string of the molecule is O=C(C[C@H]1CCNC1)Nc1ccc(-c2cc(C(F)(F)F)[nH]n2)cc1. The predicted octanol–water partition coefficient (Wildman–Crippen LogP) is 3.03. The van der Waals surface area contributed by atoms with Crippen LogP contribution in [0.15, 0.2) is 30.3 Å². The Morgan fingerprint density at radius 3 is 2.62 bits per heavy atom. The third kappa shape index (κ3) is 3.94. The van der Waals surface area contributed by atoms with Crippen LogP contribution in [0, 0.1) is 5.92 Å². The smallest absolute Gasteiger partial charge is 0.326 e. The molecule has 0 spiro atoms. The van der Waals surface area contributed by atoms with Gasteiger partial charge in [0.05, 0.1) is 5.69 Å². The molecule has 0 bridgehead atoms. The van der Waals surface area contributed by atoms with Crippen LogP contribution in [0.2, 0.25) is 0 Å². The standard InChI is InChI=1S/C16H17F3N4O/c17-16(18,19)14-8-13(22-23-14)11-1-3-12(4-2-11)21-15(24)7-10-5-6-20-9-10/h1-4,8,10,20H,5-7,9H2,(H,21,24)(H,22,23)/t10-/m1/s1. The van der Waals surface area contributed by atoms with E-state index in [9.17, 15) is 18.0 Å². The van der Waals surface area contributed by atoms with Crippen LogP contribution in [0.4, 0.5) is 18.9 Å². The Hall–Kier alpha value is -2.35. The number of halogens is 3. The van der Waals surface area contributed by atoms with Crippen molar-refractivity contribution in [2.75, 3.05) is 18.4 Å². The average Bonchev–Trinajstić information content (AvgIpc) is 3.18. The van der Waals surface area contributed by atoms with Crippen molar-refractivity contribution in [1.82, 2.24) is 15.5 Å². The molecule has 24 heavy (non-hydrogen) atoms. The van der Waals surface area contributed by atoms with Crippen LogP contribution in [0.5, 0.6) is 0 Å². The molecule has 1 aliphatic heterocycles. The Kier molecular flexibility index (Phi) is 4.57. The van der Waals surface area contributed by atoms with Crippen molar-refractivity contribution in [1.29, 1.82) is 0 Å². The number of nitrogens with zero attached hydrogens (tertiary/aromatic N) is 1. The summed E-state index contributed by atoms with van der Waals surface area (Å²) in [6, 6.07) is 7.52. The first-order valence-electron chi connectivity index (χ1n) is 7.65. The maximum atomic E-state index is 12.6. The lowest BCUT2D eigenvalue weighted by atomic mass is 10.0. The van der Waals surface area contributed by atoms with Gasteiger partial charge in [0.2, 0.25) is 5.91 Å². The molecule has 2 aromatic rings. The number of H-pyrrole nitrogens is 1. The number of rotatable bonds is 4. The quantitative estimate of drug-likeness (QED) is 0.802. The average molecular weight is 338 g/mol. The highest BCUT2D eigenvalue weighted by atomic mass is 19.4. The van der Waals surface area contributed by atoms with E-state index in [1.54, 1.807) is 24.3 Å². The Morgan fingerprint density at radius 2 is 2.04 bits per heavy atom. The molecule has 0 unspecified atom stereocenters. The Morgan fingerprint density at radius 1 is 1.29 bits per heavy atom. The molecular weight excluding hydrogens is 321 g/mol. The van der Waals surface area contributed by atoms with Gasteiger partial charge in [0.25, 0.3) is 0 Å². The lowest BCUT2D eigenvalue weighted by Gasteiger charge is -2.09. The fourth-order valence-corrected chi connectivity index (χ4v) is 2.70. The summed E-state index contributed by atoms with van der Waals surface area (Å²) in [4.78, 5) is 12.0. The maximum absolute atomic E-state index is 12.6. The molecule has 0 radical (unpaired) electrons. The Balaban J connectivity index is 1.62. The number of benzene rings is 1. The van der Waals surface area contributed by atoms with Gasteiger partial charge in [-0.1, -0.05) is 12.1 Å². The second kappa shape index (κ2) is 6.64. The third-order valence-electron chi connectivity index (χ3n) is 3.98. The van der Waals surface area contributed by atoms with E-state index < -0.39 is 11.9 Å². The minimum absolute atomic E-state index is 0.0597. The number of carbonyl (C=O) groups is 1. The summed E-state index contributed by atoms with van der Waals surface area (Å²) < 4.78 is 37.7. The van der Waals surface area contributed by atoms with Crippen LogP contribution in [0.3, 0.4) is 0 Å². The van der Waals surface area contributed by atoms with Gasteiger partial charge in [0.1, 0.15) is 5.69 Å². The van der Waals surface area contributed by atoms with Crippen molar-refractivity contribution in [3.8, 4) is 11.3 Å². The summed E-state index contributed by atoms with van der Waals surface area (Å²) in [6.07, 6.45) is -3.00. The molecule has 1 aliphatic rings. The van der Waals surface area contributed by atoms with Gasteiger partial charge in [-0.3, -0.25) is 9.89 Å². The molecular formula is C16H17F3N4O. The van der Waals surface area contributed by atoms with Crippen LogP contribution < -0.4 is 10.6 Å². The second-order valence-electron chi connectivity index (χ2n) is 5.85. The first-order chi connectivity index (χ1) is 11.4. The van der Waals surface area contributed by atoms with E-state index in [-0.39, 0.29) is 11.6 Å². The number of amides is 1. The Labute approximate surface area is 136 Å². The van der Waals surface area contributed by atoms with Gasteiger partial charge in [-0.2, -0.15) is 18.3 Å². The van der Waals surface area contributed by atoms with E-state index in [2.05, 4.69) is 15.7 Å².